The molecule has 346 valence electrons. The molecule has 10 rings (SSSR count). The molecule has 0 unspecified atom stereocenters. The van der Waals surface area contributed by atoms with Crippen LogP contribution >= 0.6 is 0 Å². The van der Waals surface area contributed by atoms with Crippen molar-refractivity contribution < 1.29 is 5.11 Å². The van der Waals surface area contributed by atoms with Crippen LogP contribution in [0.3, 0.4) is 0 Å². The molecule has 2 heterocycles. The van der Waals surface area contributed by atoms with E-state index >= 15 is 0 Å². The second-order valence-electron chi connectivity index (χ2n) is 21.7. The van der Waals surface area contributed by atoms with Gasteiger partial charge in [-0.25, -0.2) is 4.98 Å². The van der Waals surface area contributed by atoms with Crippen LogP contribution < -0.4 is 0 Å². The average molecular weight is 912 g/mol. The lowest BCUT2D eigenvalue weighted by atomic mass is 9.78. The van der Waals surface area contributed by atoms with Crippen LogP contribution in [0.1, 0.15) is 79.0 Å². The number of aromatic nitrogens is 3. The van der Waals surface area contributed by atoms with E-state index in [4.69, 9.17) is 9.97 Å². The SMILES string of the molecule is CC(C)(C)c1cc(-c2nc3c(-c4cc(-c5ccccc5)cc(-c5cc(-c6ccc(-c7ccccc7)cc6)ccn5)c4)cccc3n2-c2ccc(-c3ccccc3)c(C(C)(C)C)c2)c(O)c(C(C)(C)C)c1. The van der Waals surface area contributed by atoms with Gasteiger partial charge in [0.15, 0.2) is 0 Å². The Balaban J connectivity index is 1.21. The molecule has 0 atom stereocenters. The molecule has 0 radical (unpaired) electrons. The summed E-state index contributed by atoms with van der Waals surface area (Å²) in [5, 5.41) is 12.6. The standard InChI is InChI=1S/C66H61N3O/c1-64(2,3)52-40-56(62(70)58(41-52)66(7,8)9)63-68-61-55(26-19-27-60(61)69(63)53-32-33-54(47-24-17-12-18-25-47)57(42-53)65(4,5)6)50-36-49(44-22-15-11-16-23-44)37-51(38-50)59-39-48(34-35-67-59)46-30-28-45(29-31-46)43-20-13-10-14-21-43/h10-42,70H,1-9H3. The molecule has 0 aliphatic heterocycles. The molecule has 0 amide bonds. The lowest BCUT2D eigenvalue weighted by Crippen LogP contribution is -2.17. The number of phenols is 1. The van der Waals surface area contributed by atoms with Crippen molar-refractivity contribution in [3.05, 3.63) is 217 Å². The highest BCUT2D eigenvalue weighted by Gasteiger charge is 2.30. The maximum absolute atomic E-state index is 12.6. The Morgan fingerprint density at radius 3 is 1.56 bits per heavy atom. The van der Waals surface area contributed by atoms with Crippen molar-refractivity contribution in [1.29, 1.82) is 0 Å². The van der Waals surface area contributed by atoms with Crippen molar-refractivity contribution in [1.82, 2.24) is 14.5 Å². The van der Waals surface area contributed by atoms with E-state index in [0.29, 0.717) is 11.4 Å². The van der Waals surface area contributed by atoms with Gasteiger partial charge in [0.25, 0.3) is 0 Å². The fraction of sp³-hybridized carbons (Fsp3) is 0.182. The predicted octanol–water partition coefficient (Wildman–Crippen LogP) is 17.7. The Labute approximate surface area is 414 Å². The Morgan fingerprint density at radius 1 is 0.386 bits per heavy atom. The molecule has 70 heavy (non-hydrogen) atoms. The summed E-state index contributed by atoms with van der Waals surface area (Å²) in [6, 6.07) is 69.2. The minimum atomic E-state index is -0.329. The summed E-state index contributed by atoms with van der Waals surface area (Å²) in [4.78, 5) is 10.7. The summed E-state index contributed by atoms with van der Waals surface area (Å²) >= 11 is 0. The summed E-state index contributed by atoms with van der Waals surface area (Å²) in [6.45, 7) is 20.0. The van der Waals surface area contributed by atoms with E-state index in [9.17, 15) is 5.11 Å². The zero-order chi connectivity index (χ0) is 49.0. The minimum Gasteiger partial charge on any atom is -0.507 e. The monoisotopic (exact) mass is 911 g/mol. The van der Waals surface area contributed by atoms with Crippen molar-refractivity contribution in [2.75, 3.05) is 0 Å². The normalized spacial score (nSPS) is 12.1. The molecule has 2 aromatic heterocycles. The highest BCUT2D eigenvalue weighted by Crippen LogP contribution is 2.46. The first kappa shape index (κ1) is 45.9. The molecule has 0 aliphatic carbocycles. The van der Waals surface area contributed by atoms with Gasteiger partial charge in [-0.1, -0.05) is 202 Å². The number of benzene rings is 8. The van der Waals surface area contributed by atoms with Gasteiger partial charge in [0, 0.05) is 28.6 Å². The molecule has 0 spiro atoms. The summed E-state index contributed by atoms with van der Waals surface area (Å²) in [5.74, 6) is 0.945. The summed E-state index contributed by atoms with van der Waals surface area (Å²) in [7, 11) is 0. The largest absolute Gasteiger partial charge is 0.507 e. The number of para-hydroxylation sites is 1. The van der Waals surface area contributed by atoms with Crippen LogP contribution in [-0.4, -0.2) is 19.6 Å². The Morgan fingerprint density at radius 2 is 0.943 bits per heavy atom. The Kier molecular flexibility index (Phi) is 11.8. The van der Waals surface area contributed by atoms with Crippen molar-refractivity contribution in [3.63, 3.8) is 0 Å². The molecular formula is C66H61N3O. The number of nitrogens with zero attached hydrogens (tertiary/aromatic N) is 3. The second kappa shape index (κ2) is 17.9. The van der Waals surface area contributed by atoms with Gasteiger partial charge in [-0.2, -0.15) is 0 Å². The first-order valence-electron chi connectivity index (χ1n) is 24.4. The molecule has 0 saturated carbocycles. The zero-order valence-corrected chi connectivity index (χ0v) is 41.8. The smallest absolute Gasteiger partial charge is 0.149 e. The van der Waals surface area contributed by atoms with E-state index < -0.39 is 0 Å². The summed E-state index contributed by atoms with van der Waals surface area (Å²) < 4.78 is 2.27. The first-order valence-corrected chi connectivity index (χ1v) is 24.4. The highest BCUT2D eigenvalue weighted by atomic mass is 16.3. The molecule has 4 nitrogen and oxygen atoms in total. The van der Waals surface area contributed by atoms with Gasteiger partial charge in [-0.15, -0.1) is 0 Å². The molecule has 0 fully saturated rings. The van der Waals surface area contributed by atoms with Gasteiger partial charge in [0.05, 0.1) is 22.3 Å². The third-order valence-corrected chi connectivity index (χ3v) is 13.6. The number of hydrogen-bond donors (Lipinski definition) is 1. The van der Waals surface area contributed by atoms with Gasteiger partial charge in [0.2, 0.25) is 0 Å². The van der Waals surface area contributed by atoms with Gasteiger partial charge < -0.3 is 5.11 Å². The van der Waals surface area contributed by atoms with Crippen molar-refractivity contribution in [2.45, 2.75) is 78.6 Å². The highest BCUT2D eigenvalue weighted by molar-refractivity contribution is 5.98. The van der Waals surface area contributed by atoms with E-state index in [1.54, 1.807) is 0 Å². The van der Waals surface area contributed by atoms with E-state index in [2.05, 4.69) is 255 Å². The quantitative estimate of drug-likeness (QED) is 0.165. The number of aromatic hydroxyl groups is 1. The van der Waals surface area contributed by atoms with Gasteiger partial charge in [-0.3, -0.25) is 9.55 Å². The van der Waals surface area contributed by atoms with E-state index in [1.165, 1.54) is 27.8 Å². The van der Waals surface area contributed by atoms with Crippen LogP contribution in [0, 0.1) is 0 Å². The third kappa shape index (κ3) is 8.98. The number of hydrogen-bond acceptors (Lipinski definition) is 3. The Hall–Kier alpha value is -7.82. The van der Waals surface area contributed by atoms with Gasteiger partial charge in [0.1, 0.15) is 11.6 Å². The van der Waals surface area contributed by atoms with Crippen LogP contribution in [0.15, 0.2) is 200 Å². The third-order valence-electron chi connectivity index (χ3n) is 13.6. The number of fused-ring (bicyclic) bond motifs is 1. The van der Waals surface area contributed by atoms with E-state index in [0.717, 1.165) is 72.5 Å². The van der Waals surface area contributed by atoms with Crippen LogP contribution in [0.2, 0.25) is 0 Å². The first-order chi connectivity index (χ1) is 33.5. The molecule has 10 aromatic rings. The molecule has 0 bridgehead atoms. The van der Waals surface area contributed by atoms with Gasteiger partial charge >= 0.3 is 0 Å². The molecule has 8 aromatic carbocycles. The lowest BCUT2D eigenvalue weighted by Gasteiger charge is -2.28. The van der Waals surface area contributed by atoms with Crippen LogP contribution in [-0.2, 0) is 16.2 Å². The predicted molar refractivity (Wildman–Crippen MR) is 295 cm³/mol. The van der Waals surface area contributed by atoms with E-state index in [-0.39, 0.29) is 22.0 Å². The van der Waals surface area contributed by atoms with Gasteiger partial charge in [-0.05, 0) is 132 Å². The van der Waals surface area contributed by atoms with Crippen LogP contribution in [0.4, 0.5) is 0 Å². The molecule has 1 N–H and O–H groups in total. The summed E-state index contributed by atoms with van der Waals surface area (Å²) in [6.07, 6.45) is 1.91. The van der Waals surface area contributed by atoms with Crippen molar-refractivity contribution >= 4 is 11.0 Å². The second-order valence-corrected chi connectivity index (χ2v) is 21.7. The molecule has 0 aliphatic rings. The average Bonchev–Trinajstić information content (AvgIpc) is 3.76. The number of phenolic OH excluding ortho intramolecular Hbond substituents is 1. The molecule has 4 heteroatoms. The summed E-state index contributed by atoms with van der Waals surface area (Å²) in [5.41, 5.74) is 19.1. The maximum Gasteiger partial charge on any atom is 0.149 e. The van der Waals surface area contributed by atoms with E-state index in [1.807, 2.05) is 12.3 Å². The zero-order valence-electron chi connectivity index (χ0n) is 41.8. The number of rotatable bonds is 8. The number of imidazole rings is 1. The van der Waals surface area contributed by atoms with Crippen LogP contribution in [0.25, 0.3) is 95.0 Å². The lowest BCUT2D eigenvalue weighted by molar-refractivity contribution is 0.446. The number of pyridine rings is 1. The molecule has 0 saturated heterocycles. The maximum atomic E-state index is 12.6. The fourth-order valence-electron chi connectivity index (χ4n) is 9.73. The minimum absolute atomic E-state index is 0.179. The fourth-order valence-corrected chi connectivity index (χ4v) is 9.73. The molecular weight excluding hydrogens is 851 g/mol. The van der Waals surface area contributed by atoms with Crippen molar-refractivity contribution in [2.24, 2.45) is 0 Å². The topological polar surface area (TPSA) is 50.9 Å². The van der Waals surface area contributed by atoms with Crippen LogP contribution in [0.5, 0.6) is 5.75 Å². The van der Waals surface area contributed by atoms with Crippen molar-refractivity contribution in [3.8, 4) is 89.7 Å². The Bertz CT molecular complexity index is 3510.